The number of nitrogens with one attached hydrogen (secondary N) is 1. The van der Waals surface area contributed by atoms with Gasteiger partial charge in [-0.2, -0.15) is 4.98 Å². The summed E-state index contributed by atoms with van der Waals surface area (Å²) in [5.41, 5.74) is 2.98. The maximum atomic E-state index is 13.2. The average Bonchev–Trinajstić information content (AvgIpc) is 2.95. The molecule has 3 aromatic rings. The highest BCUT2D eigenvalue weighted by molar-refractivity contribution is 5.76. The van der Waals surface area contributed by atoms with Crippen LogP contribution in [0, 0.1) is 5.82 Å². The van der Waals surface area contributed by atoms with Crippen molar-refractivity contribution in [1.82, 2.24) is 14.9 Å². The molecule has 0 amide bonds. The molecule has 24 heavy (non-hydrogen) atoms. The van der Waals surface area contributed by atoms with Crippen molar-refractivity contribution in [3.63, 3.8) is 0 Å². The molecule has 1 aromatic heterocycles. The standard InChI is InChI=1S/C19H20FN3O/c20-15-7-5-14(6-8-15)13-23-18-4-2-1-3-17(18)22-19(23)24-16-9-11-21-12-10-16/h1-8,16,21H,9-13H2. The van der Waals surface area contributed by atoms with Gasteiger partial charge in [0.25, 0.3) is 6.01 Å². The van der Waals surface area contributed by atoms with Crippen molar-refractivity contribution in [2.45, 2.75) is 25.5 Å². The summed E-state index contributed by atoms with van der Waals surface area (Å²) >= 11 is 0. The lowest BCUT2D eigenvalue weighted by atomic mass is 10.1. The maximum absolute atomic E-state index is 13.2. The van der Waals surface area contributed by atoms with Gasteiger partial charge in [0, 0.05) is 0 Å². The first-order valence-corrected chi connectivity index (χ1v) is 8.37. The number of hydrogen-bond acceptors (Lipinski definition) is 3. The minimum atomic E-state index is -0.222. The Kier molecular flexibility index (Phi) is 4.17. The van der Waals surface area contributed by atoms with E-state index in [-0.39, 0.29) is 11.9 Å². The molecule has 5 heteroatoms. The van der Waals surface area contributed by atoms with Gasteiger partial charge in [-0.05, 0) is 55.8 Å². The minimum absolute atomic E-state index is 0.190. The fraction of sp³-hybridized carbons (Fsp3) is 0.316. The summed E-state index contributed by atoms with van der Waals surface area (Å²) in [6.07, 6.45) is 2.16. The van der Waals surface area contributed by atoms with Crippen LogP contribution in [0.15, 0.2) is 48.5 Å². The minimum Gasteiger partial charge on any atom is -0.461 e. The molecular formula is C19H20FN3O. The van der Waals surface area contributed by atoms with Crippen LogP contribution in [0.4, 0.5) is 4.39 Å². The van der Waals surface area contributed by atoms with Gasteiger partial charge in [0.2, 0.25) is 0 Å². The van der Waals surface area contributed by atoms with Crippen molar-refractivity contribution in [2.75, 3.05) is 13.1 Å². The molecule has 1 fully saturated rings. The summed E-state index contributed by atoms with van der Waals surface area (Å²) in [7, 11) is 0. The predicted octanol–water partition coefficient (Wildman–Crippen LogP) is 3.35. The number of ether oxygens (including phenoxy) is 1. The molecule has 1 saturated heterocycles. The van der Waals surface area contributed by atoms with Crippen LogP contribution < -0.4 is 10.1 Å². The second-order valence-corrected chi connectivity index (χ2v) is 6.16. The van der Waals surface area contributed by atoms with Crippen LogP contribution in [-0.2, 0) is 6.54 Å². The third-order valence-corrected chi connectivity index (χ3v) is 4.43. The van der Waals surface area contributed by atoms with Crippen LogP contribution in [0.25, 0.3) is 11.0 Å². The number of halogens is 1. The third kappa shape index (κ3) is 3.12. The molecule has 2 aromatic carbocycles. The summed E-state index contributed by atoms with van der Waals surface area (Å²) in [6.45, 7) is 2.56. The zero-order valence-electron chi connectivity index (χ0n) is 13.4. The molecule has 0 bridgehead atoms. The van der Waals surface area contributed by atoms with Crippen molar-refractivity contribution in [1.29, 1.82) is 0 Å². The van der Waals surface area contributed by atoms with Crippen LogP contribution in [0.2, 0.25) is 0 Å². The normalized spacial score (nSPS) is 15.7. The Balaban J connectivity index is 1.68. The van der Waals surface area contributed by atoms with E-state index in [2.05, 4.69) is 14.9 Å². The summed E-state index contributed by atoms with van der Waals surface area (Å²) in [4.78, 5) is 4.67. The van der Waals surface area contributed by atoms with Crippen molar-refractivity contribution in [2.24, 2.45) is 0 Å². The van der Waals surface area contributed by atoms with Crippen LogP contribution in [0.3, 0.4) is 0 Å². The lowest BCUT2D eigenvalue weighted by molar-refractivity contribution is 0.144. The van der Waals surface area contributed by atoms with Gasteiger partial charge >= 0.3 is 0 Å². The molecule has 0 unspecified atom stereocenters. The number of nitrogens with zero attached hydrogens (tertiary/aromatic N) is 2. The second-order valence-electron chi connectivity index (χ2n) is 6.16. The average molecular weight is 325 g/mol. The molecule has 2 heterocycles. The second kappa shape index (κ2) is 6.61. The van der Waals surface area contributed by atoms with E-state index in [1.54, 1.807) is 12.1 Å². The number of aromatic nitrogens is 2. The van der Waals surface area contributed by atoms with E-state index < -0.39 is 0 Å². The zero-order valence-corrected chi connectivity index (χ0v) is 13.4. The largest absolute Gasteiger partial charge is 0.461 e. The first kappa shape index (κ1) is 15.1. The lowest BCUT2D eigenvalue weighted by Gasteiger charge is -2.23. The van der Waals surface area contributed by atoms with Gasteiger partial charge in [-0.15, -0.1) is 0 Å². The first-order chi connectivity index (χ1) is 11.8. The van der Waals surface area contributed by atoms with Crippen molar-refractivity contribution in [3.8, 4) is 6.01 Å². The molecule has 4 rings (SSSR count). The Labute approximate surface area is 140 Å². The predicted molar refractivity (Wildman–Crippen MR) is 91.8 cm³/mol. The molecule has 0 aliphatic carbocycles. The maximum Gasteiger partial charge on any atom is 0.297 e. The topological polar surface area (TPSA) is 39.1 Å². The molecule has 124 valence electrons. The molecule has 1 N–H and O–H groups in total. The van der Waals surface area contributed by atoms with E-state index in [1.807, 2.05) is 24.3 Å². The van der Waals surface area contributed by atoms with Gasteiger partial charge in [-0.3, -0.25) is 4.57 Å². The fourth-order valence-electron chi connectivity index (χ4n) is 3.13. The fourth-order valence-corrected chi connectivity index (χ4v) is 3.13. The highest BCUT2D eigenvalue weighted by Gasteiger charge is 2.19. The van der Waals surface area contributed by atoms with Crippen molar-refractivity contribution in [3.05, 3.63) is 59.9 Å². The first-order valence-electron chi connectivity index (χ1n) is 8.37. The Morgan fingerprint density at radius 2 is 1.83 bits per heavy atom. The zero-order chi connectivity index (χ0) is 16.4. The van der Waals surface area contributed by atoms with E-state index in [4.69, 9.17) is 4.74 Å². The van der Waals surface area contributed by atoms with Gasteiger partial charge < -0.3 is 10.1 Å². The number of piperidine rings is 1. The lowest BCUT2D eigenvalue weighted by Crippen LogP contribution is -2.34. The third-order valence-electron chi connectivity index (χ3n) is 4.43. The van der Waals surface area contributed by atoms with E-state index in [1.165, 1.54) is 12.1 Å². The molecule has 1 aliphatic heterocycles. The van der Waals surface area contributed by atoms with Crippen LogP contribution >= 0.6 is 0 Å². The van der Waals surface area contributed by atoms with Gasteiger partial charge in [0.05, 0.1) is 17.6 Å². The summed E-state index contributed by atoms with van der Waals surface area (Å²) in [5, 5.41) is 3.34. The molecule has 4 nitrogen and oxygen atoms in total. The van der Waals surface area contributed by atoms with E-state index in [0.29, 0.717) is 12.6 Å². The highest BCUT2D eigenvalue weighted by Crippen LogP contribution is 2.25. The van der Waals surface area contributed by atoms with Crippen LogP contribution in [0.1, 0.15) is 18.4 Å². The highest BCUT2D eigenvalue weighted by atomic mass is 19.1. The quantitative estimate of drug-likeness (QED) is 0.799. The Hall–Kier alpha value is -2.40. The van der Waals surface area contributed by atoms with E-state index in [9.17, 15) is 4.39 Å². The van der Waals surface area contributed by atoms with Crippen LogP contribution in [-0.4, -0.2) is 28.7 Å². The smallest absolute Gasteiger partial charge is 0.297 e. The van der Waals surface area contributed by atoms with Gasteiger partial charge in [0.15, 0.2) is 0 Å². The molecule has 0 atom stereocenters. The number of fused-ring (bicyclic) bond motifs is 1. The molecule has 0 saturated carbocycles. The summed E-state index contributed by atoms with van der Waals surface area (Å²) < 4.78 is 21.4. The van der Waals surface area contributed by atoms with E-state index >= 15 is 0 Å². The monoisotopic (exact) mass is 325 g/mol. The molecular weight excluding hydrogens is 305 g/mol. The summed E-state index contributed by atoms with van der Waals surface area (Å²) in [5.74, 6) is -0.222. The number of hydrogen-bond donors (Lipinski definition) is 1. The van der Waals surface area contributed by atoms with Crippen LogP contribution in [0.5, 0.6) is 6.01 Å². The number of imidazole rings is 1. The molecule has 1 aliphatic rings. The SMILES string of the molecule is Fc1ccc(Cn2c(OC3CCNCC3)nc3ccccc32)cc1. The number of rotatable bonds is 4. The number of benzene rings is 2. The van der Waals surface area contributed by atoms with Gasteiger partial charge in [0.1, 0.15) is 11.9 Å². The Morgan fingerprint density at radius 3 is 2.62 bits per heavy atom. The molecule has 0 spiro atoms. The van der Waals surface area contributed by atoms with Crippen molar-refractivity contribution >= 4 is 11.0 Å². The van der Waals surface area contributed by atoms with Crippen molar-refractivity contribution < 1.29 is 9.13 Å². The van der Waals surface area contributed by atoms with Gasteiger partial charge in [-0.1, -0.05) is 24.3 Å². The summed E-state index contributed by atoms with van der Waals surface area (Å²) in [6, 6.07) is 15.2. The van der Waals surface area contributed by atoms with E-state index in [0.717, 1.165) is 42.5 Å². The Morgan fingerprint density at radius 1 is 1.08 bits per heavy atom. The van der Waals surface area contributed by atoms with Gasteiger partial charge in [-0.25, -0.2) is 4.39 Å². The number of para-hydroxylation sites is 2. The molecule has 0 radical (unpaired) electrons. The Bertz CT molecular complexity index is 822.